The lowest BCUT2D eigenvalue weighted by molar-refractivity contribution is -0.129. The van der Waals surface area contributed by atoms with Gasteiger partial charge in [-0.25, -0.2) is 4.39 Å². The Morgan fingerprint density at radius 2 is 1.87 bits per heavy atom. The predicted octanol–water partition coefficient (Wildman–Crippen LogP) is 2.37. The van der Waals surface area contributed by atoms with Crippen LogP contribution in [0.15, 0.2) is 24.3 Å². The number of nitrogens with zero attached hydrogens (tertiary/aromatic N) is 3. The summed E-state index contributed by atoms with van der Waals surface area (Å²) in [7, 11) is 3.60. The maximum Gasteiger partial charge on any atom is 0.236 e. The first kappa shape index (κ1) is 17.9. The average molecular weight is 321 g/mol. The molecular formula is C18H28FN3O. The minimum Gasteiger partial charge on any atom is -0.348 e. The molecule has 0 N–H and O–H groups in total. The SMILES string of the molecule is CC[C@H](c1ccc(F)cc1)N1CCCN(CC(=O)N(C)C)CC1. The summed E-state index contributed by atoms with van der Waals surface area (Å²) in [4.78, 5) is 18.2. The lowest BCUT2D eigenvalue weighted by Gasteiger charge is -2.30. The van der Waals surface area contributed by atoms with Gasteiger partial charge in [-0.3, -0.25) is 14.6 Å². The van der Waals surface area contributed by atoms with Gasteiger partial charge in [-0.1, -0.05) is 19.1 Å². The van der Waals surface area contributed by atoms with Crippen molar-refractivity contribution in [2.45, 2.75) is 25.8 Å². The number of carbonyl (C=O) groups is 1. The summed E-state index contributed by atoms with van der Waals surface area (Å²) in [6.07, 6.45) is 2.06. The number of rotatable bonds is 5. The standard InChI is InChI=1S/C18H28FN3O/c1-4-17(15-6-8-16(19)9-7-15)22-11-5-10-21(12-13-22)14-18(23)20(2)3/h6-9,17H,4-5,10-14H2,1-3H3/t17-/m1/s1. The third-order valence-corrected chi connectivity index (χ3v) is 4.56. The van der Waals surface area contributed by atoms with Crippen LogP contribution in [0.25, 0.3) is 0 Å². The third-order valence-electron chi connectivity index (χ3n) is 4.56. The number of amides is 1. The Kier molecular flexibility index (Phi) is 6.54. The van der Waals surface area contributed by atoms with Crippen LogP contribution in [0.3, 0.4) is 0 Å². The van der Waals surface area contributed by atoms with E-state index < -0.39 is 0 Å². The smallest absolute Gasteiger partial charge is 0.236 e. The van der Waals surface area contributed by atoms with E-state index in [9.17, 15) is 9.18 Å². The van der Waals surface area contributed by atoms with Gasteiger partial charge in [0.25, 0.3) is 0 Å². The molecular weight excluding hydrogens is 293 g/mol. The molecule has 0 aliphatic carbocycles. The molecule has 1 fully saturated rings. The largest absolute Gasteiger partial charge is 0.348 e. The molecule has 0 aromatic heterocycles. The maximum atomic E-state index is 13.1. The Balaban J connectivity index is 1.98. The fourth-order valence-electron chi connectivity index (χ4n) is 3.18. The second kappa shape index (κ2) is 8.41. The van der Waals surface area contributed by atoms with Crippen molar-refractivity contribution < 1.29 is 9.18 Å². The highest BCUT2D eigenvalue weighted by Gasteiger charge is 2.23. The van der Waals surface area contributed by atoms with Crippen LogP contribution in [-0.4, -0.2) is 67.4 Å². The molecule has 0 radical (unpaired) electrons. The summed E-state index contributed by atoms with van der Waals surface area (Å²) in [5.41, 5.74) is 1.17. The Labute approximate surface area is 138 Å². The first-order valence-corrected chi connectivity index (χ1v) is 8.43. The zero-order valence-electron chi connectivity index (χ0n) is 14.5. The number of halogens is 1. The third kappa shape index (κ3) is 5.01. The fraction of sp³-hybridized carbons (Fsp3) is 0.611. The van der Waals surface area contributed by atoms with E-state index in [0.29, 0.717) is 12.6 Å². The van der Waals surface area contributed by atoms with Gasteiger partial charge >= 0.3 is 0 Å². The molecule has 4 nitrogen and oxygen atoms in total. The number of hydrogen-bond donors (Lipinski definition) is 0. The van der Waals surface area contributed by atoms with Gasteiger partial charge in [0.05, 0.1) is 6.54 Å². The van der Waals surface area contributed by atoms with Gasteiger partial charge in [0, 0.05) is 39.8 Å². The van der Waals surface area contributed by atoms with E-state index in [2.05, 4.69) is 16.7 Å². The van der Waals surface area contributed by atoms with Gasteiger partial charge in [0.2, 0.25) is 5.91 Å². The molecule has 5 heteroatoms. The summed E-state index contributed by atoms with van der Waals surface area (Å²) in [5, 5.41) is 0. The molecule has 128 valence electrons. The van der Waals surface area contributed by atoms with Crippen LogP contribution in [0, 0.1) is 5.82 Å². The van der Waals surface area contributed by atoms with Crippen molar-refractivity contribution >= 4 is 5.91 Å². The summed E-state index contributed by atoms with van der Waals surface area (Å²) >= 11 is 0. The van der Waals surface area contributed by atoms with Crippen molar-refractivity contribution in [3.05, 3.63) is 35.6 Å². The molecule has 0 spiro atoms. The Morgan fingerprint density at radius 1 is 1.17 bits per heavy atom. The van der Waals surface area contributed by atoms with Crippen molar-refractivity contribution in [3.8, 4) is 0 Å². The van der Waals surface area contributed by atoms with Gasteiger partial charge in [0.1, 0.15) is 5.82 Å². The highest BCUT2D eigenvalue weighted by molar-refractivity contribution is 5.77. The van der Waals surface area contributed by atoms with Gasteiger partial charge in [-0.2, -0.15) is 0 Å². The van der Waals surface area contributed by atoms with Crippen LogP contribution in [0.2, 0.25) is 0 Å². The first-order chi connectivity index (χ1) is 11.0. The van der Waals surface area contributed by atoms with Crippen LogP contribution < -0.4 is 0 Å². The molecule has 1 heterocycles. The normalized spacial score (nSPS) is 18.4. The Morgan fingerprint density at radius 3 is 2.48 bits per heavy atom. The predicted molar refractivity (Wildman–Crippen MR) is 90.8 cm³/mol. The molecule has 1 aliphatic heterocycles. The summed E-state index contributed by atoms with van der Waals surface area (Å²) in [5.74, 6) is -0.0307. The minimum absolute atomic E-state index is 0.157. The van der Waals surface area contributed by atoms with Crippen LogP contribution in [0.5, 0.6) is 0 Å². The second-order valence-electron chi connectivity index (χ2n) is 6.43. The van der Waals surface area contributed by atoms with Crippen molar-refractivity contribution in [1.82, 2.24) is 14.7 Å². The molecule has 23 heavy (non-hydrogen) atoms. The molecule has 1 saturated heterocycles. The second-order valence-corrected chi connectivity index (χ2v) is 6.43. The highest BCUT2D eigenvalue weighted by atomic mass is 19.1. The molecule has 1 aromatic rings. The molecule has 1 aliphatic rings. The number of hydrogen-bond acceptors (Lipinski definition) is 3. The van der Waals surface area contributed by atoms with E-state index in [1.54, 1.807) is 19.0 Å². The van der Waals surface area contributed by atoms with Crippen molar-refractivity contribution in [1.29, 1.82) is 0 Å². The summed E-state index contributed by atoms with van der Waals surface area (Å²) in [6, 6.07) is 7.18. The number of carbonyl (C=O) groups excluding carboxylic acids is 1. The van der Waals surface area contributed by atoms with Gasteiger partial charge < -0.3 is 4.90 Å². The van der Waals surface area contributed by atoms with Crippen LogP contribution >= 0.6 is 0 Å². The molecule has 0 bridgehead atoms. The molecule has 1 aromatic carbocycles. The lowest BCUT2D eigenvalue weighted by Crippen LogP contribution is -2.39. The zero-order valence-corrected chi connectivity index (χ0v) is 14.5. The number of benzene rings is 1. The van der Waals surface area contributed by atoms with E-state index >= 15 is 0 Å². The van der Waals surface area contributed by atoms with Gasteiger partial charge in [-0.05, 0) is 37.1 Å². The monoisotopic (exact) mass is 321 g/mol. The molecule has 2 rings (SSSR count). The number of likely N-dealkylation sites (N-methyl/N-ethyl adjacent to an activating group) is 1. The summed E-state index contributed by atoms with van der Waals surface area (Å²) in [6.45, 7) is 6.48. The van der Waals surface area contributed by atoms with Crippen molar-refractivity contribution in [2.75, 3.05) is 46.8 Å². The fourth-order valence-corrected chi connectivity index (χ4v) is 3.18. The van der Waals surface area contributed by atoms with E-state index in [4.69, 9.17) is 0 Å². The van der Waals surface area contributed by atoms with Crippen LogP contribution in [-0.2, 0) is 4.79 Å². The van der Waals surface area contributed by atoms with Gasteiger partial charge in [-0.15, -0.1) is 0 Å². The van der Waals surface area contributed by atoms with E-state index in [0.717, 1.165) is 39.0 Å². The molecule has 0 saturated carbocycles. The zero-order chi connectivity index (χ0) is 16.8. The van der Waals surface area contributed by atoms with Crippen LogP contribution in [0.4, 0.5) is 4.39 Å². The van der Waals surface area contributed by atoms with Gasteiger partial charge in [0.15, 0.2) is 0 Å². The Bertz CT molecular complexity index is 503. The van der Waals surface area contributed by atoms with E-state index in [-0.39, 0.29) is 11.7 Å². The molecule has 0 unspecified atom stereocenters. The van der Waals surface area contributed by atoms with Crippen molar-refractivity contribution in [3.63, 3.8) is 0 Å². The van der Waals surface area contributed by atoms with Crippen molar-refractivity contribution in [2.24, 2.45) is 0 Å². The lowest BCUT2D eigenvalue weighted by atomic mass is 10.0. The summed E-state index contributed by atoms with van der Waals surface area (Å²) < 4.78 is 13.1. The topological polar surface area (TPSA) is 26.8 Å². The maximum absolute atomic E-state index is 13.1. The van der Waals surface area contributed by atoms with Crippen LogP contribution in [0.1, 0.15) is 31.4 Å². The first-order valence-electron chi connectivity index (χ1n) is 8.43. The average Bonchev–Trinajstić information content (AvgIpc) is 2.76. The quantitative estimate of drug-likeness (QED) is 0.833. The minimum atomic E-state index is -0.187. The molecule has 1 atom stereocenters. The van der Waals surface area contributed by atoms with E-state index in [1.165, 1.54) is 17.7 Å². The Hall–Kier alpha value is -1.46. The van der Waals surface area contributed by atoms with E-state index in [1.807, 2.05) is 12.1 Å². The highest BCUT2D eigenvalue weighted by Crippen LogP contribution is 2.25. The molecule has 1 amide bonds.